The van der Waals surface area contributed by atoms with Crippen LogP contribution in [-0.2, 0) is 35.7 Å². The zero-order valence-corrected chi connectivity index (χ0v) is 60.4. The molecule has 0 aliphatic carbocycles. The summed E-state index contributed by atoms with van der Waals surface area (Å²) in [4.78, 5) is 127. The smallest absolute Gasteiger partial charge is 0.297 e. The Labute approximate surface area is 606 Å². The number of rotatable bonds is 26. The highest BCUT2D eigenvalue weighted by Crippen LogP contribution is 2.30. The van der Waals surface area contributed by atoms with Gasteiger partial charge < -0.3 is 77.2 Å². The zero-order chi connectivity index (χ0) is 72.0. The number of aromatic nitrogens is 8. The van der Waals surface area contributed by atoms with E-state index < -0.39 is 65.3 Å². The summed E-state index contributed by atoms with van der Waals surface area (Å²) in [6.07, 6.45) is 0. The predicted octanol–water partition coefficient (Wildman–Crippen LogP) is 5.03. The maximum absolute atomic E-state index is 14.2. The Kier molecular flexibility index (Phi) is 31.2. The number of Topliss-reactive ketones (excluding diaryl/α,β-unsaturated/α-hetero) is 2. The second-order valence-corrected chi connectivity index (χ2v) is 24.2. The van der Waals surface area contributed by atoms with Gasteiger partial charge in [0.2, 0.25) is 23.4 Å². The number of carbonyl (C=O) groups excluding carboxylic acids is 8. The second kappa shape index (κ2) is 38.1. The number of nitrogens with one attached hydrogen (secondary N) is 9. The number of primary amides is 2. The minimum Gasteiger partial charge on any atom is -0.394 e. The lowest BCUT2D eigenvalue weighted by Gasteiger charge is -2.11. The van der Waals surface area contributed by atoms with Gasteiger partial charge >= 0.3 is 0 Å². The fourth-order valence-electron chi connectivity index (χ4n) is 7.63. The molecule has 8 aromatic rings. The van der Waals surface area contributed by atoms with Gasteiger partial charge in [-0.15, -0.1) is 0 Å². The number of aliphatic hydroxyl groups is 4. The summed E-state index contributed by atoms with van der Waals surface area (Å²) >= 11 is 14.1. The van der Waals surface area contributed by atoms with Gasteiger partial charge in [-0.2, -0.15) is 0 Å². The monoisotopic (exact) mass is 1820 g/mol. The first-order chi connectivity index (χ1) is 46.0. The summed E-state index contributed by atoms with van der Waals surface area (Å²) in [6.45, 7) is -0.774. The first kappa shape index (κ1) is 79.5. The van der Waals surface area contributed by atoms with E-state index in [1.165, 1.54) is 85.2 Å². The molecule has 0 aliphatic heterocycles. The van der Waals surface area contributed by atoms with Crippen LogP contribution in [0, 0.1) is 31.7 Å². The molecule has 97 heavy (non-hydrogen) atoms. The minimum absolute atomic E-state index is 0.00151. The average molecular weight is 1820 g/mol. The van der Waals surface area contributed by atoms with Crippen molar-refractivity contribution in [2.24, 2.45) is 32.6 Å². The summed E-state index contributed by atoms with van der Waals surface area (Å²) in [7, 11) is 5.82. The fourth-order valence-corrected chi connectivity index (χ4v) is 9.89. The summed E-state index contributed by atoms with van der Waals surface area (Å²) < 4.78 is 49.2. The Balaban J connectivity index is 0.000000235. The highest BCUT2D eigenvalue weighted by atomic mass is 127. The maximum atomic E-state index is 14.2. The Hall–Kier alpha value is -8.20. The molecule has 0 unspecified atom stereocenters. The number of ketones is 2. The van der Waals surface area contributed by atoms with E-state index in [9.17, 15) is 51.5 Å². The van der Waals surface area contributed by atoms with Crippen molar-refractivity contribution in [2.45, 2.75) is 6.92 Å². The Morgan fingerprint density at radius 3 is 1.21 bits per heavy atom. The average Bonchev–Trinajstić information content (AvgIpc) is 1.67. The van der Waals surface area contributed by atoms with Crippen molar-refractivity contribution in [2.75, 3.05) is 74.6 Å². The van der Waals surface area contributed by atoms with Crippen LogP contribution >= 0.6 is 102 Å². The van der Waals surface area contributed by atoms with Crippen molar-refractivity contribution in [3.8, 4) is 0 Å². The van der Waals surface area contributed by atoms with Crippen LogP contribution in [0.1, 0.15) is 91.2 Å². The lowest BCUT2D eigenvalue weighted by atomic mass is 10.2. The Morgan fingerprint density at radius 2 is 0.876 bits per heavy atom. The molecule has 518 valence electrons. The molecular weight excluding hydrogens is 1760 g/mol. The van der Waals surface area contributed by atoms with Gasteiger partial charge in [-0.1, -0.05) is 11.6 Å². The number of nitrogens with two attached hydrogens (primary N) is 2. The standard InChI is InChI=1S/C15H17FIN5O4.C15H16FIN4O5.C14H15FIN5O4.C12H10ClIN4O2/c1-18-15(25)13-20-11(14(24)21-26-6-5-23)12(22(13)2)19-10-4-3-8(17)7-9(10)16;1-21-13(11(24)7-23)19-12(15(25)20-26-5-4-22)14(21)18-10-3-2-8(17)6-9(10)16;1-21-12(18-9-3-2-7(16)6-8(9)15)10(19-13(21)11(17)23)14(24)20-25-5-4-22;1-5(19)9-10(11(15)20)18-12(17-9)16-8-3-2-6(14)4-7(8)13/h3-4,7,19,23H,5-6H2,1-2H3,(H,18,25)(H,21,24);2-3,6,18,22-23H,4-5,7H2,1H3,(H,20,25);2-3,6,18,22H,4-5H2,1H3,(H2,17,23)(H,20,24);2-4H,1H3,(H2,15,20)(H2,16,17,18). The van der Waals surface area contributed by atoms with Crippen LogP contribution < -0.4 is 54.5 Å². The SMILES string of the molecule is CC(=O)c1nc(Nc2ccc(I)cc2Cl)[nH]c1C(N)=O.CNC(=O)c1nc(C(=O)NOCCO)c(Nc2ccc(I)cc2F)n1C.Cn1c(C(=O)CO)nc(C(=O)NOCCO)c1Nc1ccc(I)cc1F.Cn1c(C(N)=O)nc(C(=O)NOCCO)c1Nc1ccc(I)cc1F. The molecule has 4 aromatic heterocycles. The van der Waals surface area contributed by atoms with Gasteiger partial charge in [-0.05, 0) is 163 Å². The third kappa shape index (κ3) is 22.2. The largest absolute Gasteiger partial charge is 0.394 e. The molecule has 8 rings (SSSR count). The topological polar surface area (TPSA) is 476 Å². The van der Waals surface area contributed by atoms with E-state index in [2.05, 4.69) is 90.5 Å². The maximum Gasteiger partial charge on any atom is 0.297 e. The molecule has 0 radical (unpaired) electrons. The van der Waals surface area contributed by atoms with E-state index in [1.54, 1.807) is 30.3 Å². The lowest BCUT2D eigenvalue weighted by Crippen LogP contribution is -2.26. The van der Waals surface area contributed by atoms with Crippen LogP contribution in [0.15, 0.2) is 72.8 Å². The Morgan fingerprint density at radius 1 is 0.515 bits per heavy atom. The molecule has 0 saturated heterocycles. The van der Waals surface area contributed by atoms with Gasteiger partial charge in [0.1, 0.15) is 52.9 Å². The van der Waals surface area contributed by atoms with Gasteiger partial charge in [0.05, 0.1) is 67.4 Å². The third-order valence-corrected chi connectivity index (χ3v) is 15.1. The van der Waals surface area contributed by atoms with Crippen molar-refractivity contribution in [1.29, 1.82) is 0 Å². The number of hydroxylamine groups is 3. The summed E-state index contributed by atoms with van der Waals surface area (Å²) in [6, 6.07) is 18.8. The molecule has 33 nitrogen and oxygen atoms in total. The van der Waals surface area contributed by atoms with E-state index in [4.69, 9.17) is 58.0 Å². The van der Waals surface area contributed by atoms with Crippen molar-refractivity contribution in [3.05, 3.63) is 155 Å². The summed E-state index contributed by atoms with van der Waals surface area (Å²) in [5.74, 6) is -7.17. The molecule has 0 aliphatic rings. The second-order valence-electron chi connectivity index (χ2n) is 18.8. The van der Waals surface area contributed by atoms with Crippen molar-refractivity contribution in [1.82, 2.24) is 60.4 Å². The van der Waals surface area contributed by atoms with Crippen LogP contribution in [0.4, 0.5) is 59.3 Å². The number of H-pyrrole nitrogens is 1. The van der Waals surface area contributed by atoms with Crippen LogP contribution in [0.3, 0.4) is 0 Å². The number of halogens is 8. The molecule has 4 heterocycles. The molecule has 0 bridgehead atoms. The van der Waals surface area contributed by atoms with Gasteiger partial charge in [0.15, 0.2) is 28.7 Å². The number of amides is 6. The molecule has 0 atom stereocenters. The van der Waals surface area contributed by atoms with Crippen molar-refractivity contribution < 1.29 is 86.5 Å². The number of carbonyl (C=O) groups is 8. The molecular formula is C56H58ClF3I4N18O15. The normalized spacial score (nSPS) is 10.5. The van der Waals surface area contributed by atoms with E-state index >= 15 is 0 Å². The van der Waals surface area contributed by atoms with Gasteiger partial charge in [-0.3, -0.25) is 52.9 Å². The quantitative estimate of drug-likeness (QED) is 0.0146. The molecule has 4 aromatic carbocycles. The summed E-state index contributed by atoms with van der Waals surface area (Å²) in [5, 5.41) is 49.2. The minimum atomic E-state index is -0.857. The van der Waals surface area contributed by atoms with Crippen molar-refractivity contribution in [3.63, 3.8) is 0 Å². The number of hydrogen-bond acceptors (Lipinski definition) is 23. The number of aromatic amines is 1. The number of aliphatic hydroxyl groups excluding tert-OH is 4. The van der Waals surface area contributed by atoms with Gasteiger partial charge in [0.25, 0.3) is 35.4 Å². The van der Waals surface area contributed by atoms with Gasteiger partial charge in [0, 0.05) is 49.4 Å². The molecule has 0 spiro atoms. The number of nitrogens with zero attached hydrogens (tertiary/aromatic N) is 7. The molecule has 17 N–H and O–H groups in total. The number of anilines is 8. The van der Waals surface area contributed by atoms with Crippen LogP contribution in [0.5, 0.6) is 0 Å². The highest BCUT2D eigenvalue weighted by Gasteiger charge is 2.29. The van der Waals surface area contributed by atoms with E-state index in [0.29, 0.717) is 21.4 Å². The molecule has 0 fully saturated rings. The fraction of sp³-hybridized carbons (Fsp3) is 0.214. The van der Waals surface area contributed by atoms with Gasteiger partial charge in [-0.25, -0.2) is 49.5 Å². The van der Waals surface area contributed by atoms with E-state index in [0.717, 1.165) is 3.57 Å². The Bertz CT molecular complexity index is 4050. The van der Waals surface area contributed by atoms with E-state index in [1.807, 2.05) is 73.8 Å². The number of benzene rings is 4. The lowest BCUT2D eigenvalue weighted by molar-refractivity contribution is 0.0163. The third-order valence-electron chi connectivity index (χ3n) is 12.1. The number of imidazole rings is 4. The van der Waals surface area contributed by atoms with Crippen molar-refractivity contribution >= 4 is 195 Å². The van der Waals surface area contributed by atoms with Crippen LogP contribution in [-0.4, -0.2) is 159 Å². The van der Waals surface area contributed by atoms with Crippen LogP contribution in [0.2, 0.25) is 5.02 Å². The number of hydrogen-bond donors (Lipinski definition) is 15. The van der Waals surface area contributed by atoms with Crippen LogP contribution in [0.25, 0.3) is 0 Å². The zero-order valence-electron chi connectivity index (χ0n) is 51.0. The molecule has 0 saturated carbocycles. The predicted molar refractivity (Wildman–Crippen MR) is 376 cm³/mol. The first-order valence-corrected chi connectivity index (χ1v) is 31.9. The molecule has 41 heteroatoms. The first-order valence-electron chi connectivity index (χ1n) is 27.2. The summed E-state index contributed by atoms with van der Waals surface area (Å²) in [5.41, 5.74) is 16.9. The molecule has 6 amide bonds. The van der Waals surface area contributed by atoms with E-state index in [-0.39, 0.29) is 132 Å². The highest BCUT2D eigenvalue weighted by molar-refractivity contribution is 14.1.